The smallest absolute Gasteiger partial charge is 0.322 e. The predicted octanol–water partition coefficient (Wildman–Crippen LogP) is -0.209. The Morgan fingerprint density at radius 1 is 1.60 bits per heavy atom. The third-order valence-corrected chi connectivity index (χ3v) is 1.16. The second kappa shape index (κ2) is 4.32. The van der Waals surface area contributed by atoms with Gasteiger partial charge in [-0.25, -0.2) is 9.63 Å². The molecule has 0 spiro atoms. The minimum atomic E-state index is -0.918. The van der Waals surface area contributed by atoms with Crippen LogP contribution in [-0.2, 0) is 4.79 Å². The number of nitrogens with zero attached hydrogens (tertiary/aromatic N) is 1. The Hall–Kier alpha value is -0.520. The summed E-state index contributed by atoms with van der Waals surface area (Å²) < 4.78 is 0.271. The summed E-state index contributed by atoms with van der Waals surface area (Å²) in [6.07, 6.45) is 0. The molecule has 0 bridgehead atoms. The van der Waals surface area contributed by atoms with E-state index in [1.165, 1.54) is 0 Å². The molecule has 0 aliphatic rings. The van der Waals surface area contributed by atoms with Crippen LogP contribution in [0.15, 0.2) is 0 Å². The first kappa shape index (κ1) is 9.48. The van der Waals surface area contributed by atoms with Crippen LogP contribution in [0, 0.1) is 0 Å². The molecular formula is C3H5Cl2N3O2. The average Bonchev–Trinajstić information content (AvgIpc) is 2.00. The minimum absolute atomic E-state index is 0.271. The van der Waals surface area contributed by atoms with Crippen LogP contribution in [-0.4, -0.2) is 22.9 Å². The van der Waals surface area contributed by atoms with Gasteiger partial charge in [0.25, 0.3) is 5.91 Å². The maximum atomic E-state index is 10.5. The molecule has 0 heterocycles. The lowest BCUT2D eigenvalue weighted by Gasteiger charge is -2.07. The van der Waals surface area contributed by atoms with Crippen LogP contribution < -0.4 is 10.6 Å². The number of nitrogens with one attached hydrogen (secondary N) is 1. The molecule has 0 aliphatic heterocycles. The van der Waals surface area contributed by atoms with Crippen molar-refractivity contribution in [3.63, 3.8) is 0 Å². The topological polar surface area (TPSA) is 75.4 Å². The summed E-state index contributed by atoms with van der Waals surface area (Å²) in [5, 5.41) is 0. The maximum Gasteiger partial charge on any atom is 0.353 e. The fraction of sp³-hybridized carbons (Fsp3) is 0.333. The van der Waals surface area contributed by atoms with Gasteiger partial charge in [-0.2, -0.15) is 4.42 Å². The van der Waals surface area contributed by atoms with Crippen molar-refractivity contribution < 1.29 is 9.59 Å². The van der Waals surface area contributed by atoms with Crippen molar-refractivity contribution in [1.82, 2.24) is 9.25 Å². The maximum absolute atomic E-state index is 10.5. The van der Waals surface area contributed by atoms with Crippen LogP contribution in [0.4, 0.5) is 4.79 Å². The Morgan fingerprint density at radius 2 is 2.10 bits per heavy atom. The molecule has 0 aromatic rings. The zero-order chi connectivity index (χ0) is 8.15. The highest BCUT2D eigenvalue weighted by molar-refractivity contribution is 6.33. The van der Waals surface area contributed by atoms with Gasteiger partial charge >= 0.3 is 6.03 Å². The SMILES string of the molecule is NCC(=O)N(Cl)C(=O)NCl. The van der Waals surface area contributed by atoms with Gasteiger partial charge in [0.15, 0.2) is 0 Å². The number of halogens is 2. The molecule has 3 amide bonds. The van der Waals surface area contributed by atoms with E-state index in [0.29, 0.717) is 0 Å². The lowest BCUT2D eigenvalue weighted by Crippen LogP contribution is -2.37. The van der Waals surface area contributed by atoms with E-state index in [0.717, 1.165) is 0 Å². The summed E-state index contributed by atoms with van der Waals surface area (Å²) >= 11 is 9.92. The first-order valence-corrected chi connectivity index (χ1v) is 2.94. The number of rotatable bonds is 1. The van der Waals surface area contributed by atoms with Gasteiger partial charge in [0.05, 0.1) is 6.54 Å². The van der Waals surface area contributed by atoms with Gasteiger partial charge in [-0.3, -0.25) is 4.79 Å². The molecule has 58 valence electrons. The Morgan fingerprint density at radius 3 is 2.40 bits per heavy atom. The van der Waals surface area contributed by atoms with E-state index >= 15 is 0 Å². The van der Waals surface area contributed by atoms with Gasteiger partial charge in [0.2, 0.25) is 0 Å². The summed E-state index contributed by atoms with van der Waals surface area (Å²) in [6.45, 7) is -0.339. The minimum Gasteiger partial charge on any atom is -0.322 e. The Labute approximate surface area is 67.3 Å². The molecule has 7 heteroatoms. The van der Waals surface area contributed by atoms with Gasteiger partial charge in [-0.15, -0.1) is 0 Å². The van der Waals surface area contributed by atoms with E-state index in [-0.39, 0.29) is 11.0 Å². The van der Waals surface area contributed by atoms with E-state index in [1.807, 2.05) is 0 Å². The number of imide groups is 1. The van der Waals surface area contributed by atoms with Gasteiger partial charge in [-0.1, -0.05) is 0 Å². The quantitative estimate of drug-likeness (QED) is 0.556. The number of nitrogens with two attached hydrogens (primary N) is 1. The van der Waals surface area contributed by atoms with Crippen molar-refractivity contribution in [1.29, 1.82) is 0 Å². The first-order valence-electron chi connectivity index (χ1n) is 2.23. The van der Waals surface area contributed by atoms with Crippen molar-refractivity contribution in [2.75, 3.05) is 6.54 Å². The molecule has 0 aromatic carbocycles. The molecule has 0 aromatic heterocycles. The number of hydrogen-bond donors (Lipinski definition) is 2. The van der Waals surface area contributed by atoms with Crippen molar-refractivity contribution in [2.24, 2.45) is 5.73 Å². The second-order valence-electron chi connectivity index (χ2n) is 1.28. The predicted molar refractivity (Wildman–Crippen MR) is 36.1 cm³/mol. The van der Waals surface area contributed by atoms with E-state index in [4.69, 9.17) is 29.3 Å². The summed E-state index contributed by atoms with van der Waals surface area (Å²) in [5.41, 5.74) is 4.87. The fourth-order valence-corrected chi connectivity index (χ4v) is 0.470. The standard InChI is InChI=1S/C3H5Cl2N3O2/c4-7-3(10)8(5)2(9)1-6/h1,6H2,(H,7,10). The molecule has 0 saturated heterocycles. The van der Waals surface area contributed by atoms with Crippen LogP contribution in [0.3, 0.4) is 0 Å². The second-order valence-corrected chi connectivity index (χ2v) is 1.81. The lowest BCUT2D eigenvalue weighted by molar-refractivity contribution is -0.123. The van der Waals surface area contributed by atoms with E-state index in [2.05, 4.69) is 0 Å². The average molecular weight is 186 g/mol. The van der Waals surface area contributed by atoms with E-state index in [9.17, 15) is 9.59 Å². The van der Waals surface area contributed by atoms with Crippen LogP contribution in [0.5, 0.6) is 0 Å². The van der Waals surface area contributed by atoms with Gasteiger partial charge in [-0.05, 0) is 0 Å². The number of carbonyl (C=O) groups excluding carboxylic acids is 2. The van der Waals surface area contributed by atoms with Gasteiger partial charge < -0.3 is 5.73 Å². The number of amides is 3. The number of carbonyl (C=O) groups is 2. The molecule has 0 fully saturated rings. The van der Waals surface area contributed by atoms with Crippen molar-refractivity contribution >= 4 is 35.5 Å². The third kappa shape index (κ3) is 2.38. The Bertz CT molecular complexity index is 135. The lowest BCUT2D eigenvalue weighted by atomic mass is 10.6. The zero-order valence-electron chi connectivity index (χ0n) is 4.80. The Balaban J connectivity index is 3.94. The summed E-state index contributed by atoms with van der Waals surface area (Å²) in [4.78, 5) is 22.5. The molecule has 0 rings (SSSR count). The van der Waals surface area contributed by atoms with E-state index in [1.54, 1.807) is 4.84 Å². The molecule has 0 atom stereocenters. The molecule has 10 heavy (non-hydrogen) atoms. The fourth-order valence-electron chi connectivity index (χ4n) is 0.231. The largest absolute Gasteiger partial charge is 0.353 e. The van der Waals surface area contributed by atoms with Crippen LogP contribution in [0.1, 0.15) is 0 Å². The van der Waals surface area contributed by atoms with Crippen LogP contribution in [0.25, 0.3) is 0 Å². The number of hydrogen-bond acceptors (Lipinski definition) is 3. The highest BCUT2D eigenvalue weighted by Crippen LogP contribution is 1.94. The molecular weight excluding hydrogens is 181 g/mol. The molecule has 0 radical (unpaired) electrons. The monoisotopic (exact) mass is 185 g/mol. The molecule has 0 saturated carbocycles. The van der Waals surface area contributed by atoms with Gasteiger partial charge in [0.1, 0.15) is 0 Å². The highest BCUT2D eigenvalue weighted by Gasteiger charge is 2.16. The molecule has 3 N–H and O–H groups in total. The van der Waals surface area contributed by atoms with Crippen LogP contribution >= 0.6 is 23.6 Å². The zero-order valence-corrected chi connectivity index (χ0v) is 6.32. The van der Waals surface area contributed by atoms with Crippen molar-refractivity contribution in [2.45, 2.75) is 0 Å². The normalized spacial score (nSPS) is 8.70. The molecule has 0 unspecified atom stereocenters. The summed E-state index contributed by atoms with van der Waals surface area (Å²) in [7, 11) is 0. The molecule has 5 nitrogen and oxygen atoms in total. The first-order chi connectivity index (χ1) is 4.63. The highest BCUT2D eigenvalue weighted by atomic mass is 35.5. The van der Waals surface area contributed by atoms with Crippen LogP contribution in [0.2, 0.25) is 0 Å². The summed E-state index contributed by atoms with van der Waals surface area (Å²) in [5.74, 6) is -0.722. The summed E-state index contributed by atoms with van der Waals surface area (Å²) in [6, 6.07) is -0.918. The number of urea groups is 1. The molecule has 0 aliphatic carbocycles. The Kier molecular flexibility index (Phi) is 4.10. The third-order valence-electron chi connectivity index (χ3n) is 0.653. The van der Waals surface area contributed by atoms with E-state index < -0.39 is 11.9 Å². The van der Waals surface area contributed by atoms with Crippen molar-refractivity contribution in [3.8, 4) is 0 Å². The van der Waals surface area contributed by atoms with Crippen molar-refractivity contribution in [3.05, 3.63) is 0 Å². The van der Waals surface area contributed by atoms with Gasteiger partial charge in [0, 0.05) is 23.6 Å².